The van der Waals surface area contributed by atoms with Crippen molar-refractivity contribution in [3.8, 4) is 0 Å². The lowest BCUT2D eigenvalue weighted by Gasteiger charge is -2.39. The molecule has 2 aliphatic heterocycles. The Morgan fingerprint density at radius 1 is 1.22 bits per heavy atom. The SMILES string of the molecule is CN=C(NCC(C)N1CCN(c2ccccc2)CC1)NC1CCS(=O)(=O)C1. The number of nitrogens with zero attached hydrogens (tertiary/aromatic N) is 3. The Kier molecular flexibility index (Phi) is 6.59. The summed E-state index contributed by atoms with van der Waals surface area (Å²) in [5, 5.41) is 6.59. The highest BCUT2D eigenvalue weighted by molar-refractivity contribution is 7.91. The van der Waals surface area contributed by atoms with Crippen LogP contribution in [0.3, 0.4) is 0 Å². The fourth-order valence-corrected chi connectivity index (χ4v) is 5.40. The van der Waals surface area contributed by atoms with Crippen LogP contribution >= 0.6 is 0 Å². The molecule has 150 valence electrons. The number of para-hydroxylation sites is 1. The number of sulfone groups is 1. The van der Waals surface area contributed by atoms with Gasteiger partial charge in [0.1, 0.15) is 0 Å². The van der Waals surface area contributed by atoms with Crippen molar-refractivity contribution in [3.05, 3.63) is 30.3 Å². The van der Waals surface area contributed by atoms with Gasteiger partial charge in [0.05, 0.1) is 11.5 Å². The van der Waals surface area contributed by atoms with Gasteiger partial charge < -0.3 is 15.5 Å². The molecule has 0 aliphatic carbocycles. The molecule has 2 heterocycles. The van der Waals surface area contributed by atoms with Gasteiger partial charge in [-0.2, -0.15) is 0 Å². The molecule has 0 spiro atoms. The minimum atomic E-state index is -2.88. The molecule has 27 heavy (non-hydrogen) atoms. The first-order chi connectivity index (χ1) is 13.0. The largest absolute Gasteiger partial charge is 0.369 e. The van der Waals surface area contributed by atoms with Gasteiger partial charge in [0, 0.05) is 57.5 Å². The molecule has 3 rings (SSSR count). The number of hydrogen-bond acceptors (Lipinski definition) is 5. The highest BCUT2D eigenvalue weighted by Crippen LogP contribution is 2.16. The molecule has 2 aliphatic rings. The third-order valence-corrected chi connectivity index (χ3v) is 7.19. The summed E-state index contributed by atoms with van der Waals surface area (Å²) < 4.78 is 23.2. The molecule has 7 nitrogen and oxygen atoms in total. The summed E-state index contributed by atoms with van der Waals surface area (Å²) in [5.74, 6) is 1.15. The number of anilines is 1. The van der Waals surface area contributed by atoms with Crippen LogP contribution in [0, 0.1) is 0 Å². The van der Waals surface area contributed by atoms with E-state index in [1.165, 1.54) is 5.69 Å². The van der Waals surface area contributed by atoms with Gasteiger partial charge >= 0.3 is 0 Å². The maximum atomic E-state index is 11.6. The summed E-state index contributed by atoms with van der Waals surface area (Å²) in [5.41, 5.74) is 1.29. The van der Waals surface area contributed by atoms with Crippen LogP contribution in [0.1, 0.15) is 13.3 Å². The van der Waals surface area contributed by atoms with E-state index in [2.05, 4.69) is 62.7 Å². The summed E-state index contributed by atoms with van der Waals surface area (Å²) in [6.45, 7) is 7.13. The van der Waals surface area contributed by atoms with Gasteiger partial charge in [-0.05, 0) is 25.5 Å². The average molecular weight is 394 g/mol. The fraction of sp³-hybridized carbons (Fsp3) is 0.632. The Balaban J connectivity index is 1.42. The molecule has 2 atom stereocenters. The summed E-state index contributed by atoms with van der Waals surface area (Å²) in [6, 6.07) is 10.9. The van der Waals surface area contributed by atoms with E-state index in [9.17, 15) is 8.42 Å². The summed E-state index contributed by atoms with van der Waals surface area (Å²) in [6.07, 6.45) is 0.653. The van der Waals surface area contributed by atoms with Crippen LogP contribution in [0.2, 0.25) is 0 Å². The van der Waals surface area contributed by atoms with Crippen molar-refractivity contribution >= 4 is 21.5 Å². The fourth-order valence-electron chi connectivity index (χ4n) is 3.73. The van der Waals surface area contributed by atoms with E-state index in [-0.39, 0.29) is 17.5 Å². The maximum Gasteiger partial charge on any atom is 0.191 e. The second kappa shape index (κ2) is 8.93. The number of nitrogens with one attached hydrogen (secondary N) is 2. The first kappa shape index (κ1) is 19.9. The van der Waals surface area contributed by atoms with E-state index in [4.69, 9.17) is 0 Å². The second-order valence-corrected chi connectivity index (χ2v) is 9.63. The Hall–Kier alpha value is -1.80. The van der Waals surface area contributed by atoms with Crippen LogP contribution in [0.25, 0.3) is 0 Å². The number of benzene rings is 1. The Morgan fingerprint density at radius 3 is 2.52 bits per heavy atom. The molecule has 0 amide bonds. The summed E-state index contributed by atoms with van der Waals surface area (Å²) in [7, 11) is -1.16. The van der Waals surface area contributed by atoms with E-state index in [0.29, 0.717) is 18.4 Å². The van der Waals surface area contributed by atoms with Crippen LogP contribution in [0.4, 0.5) is 5.69 Å². The molecule has 2 unspecified atom stereocenters. The van der Waals surface area contributed by atoms with Crippen molar-refractivity contribution in [2.75, 3.05) is 56.2 Å². The molecule has 2 N–H and O–H groups in total. The summed E-state index contributed by atoms with van der Waals surface area (Å²) in [4.78, 5) is 9.16. The maximum absolute atomic E-state index is 11.6. The number of aliphatic imine (C=N–C) groups is 1. The molecular weight excluding hydrogens is 362 g/mol. The van der Waals surface area contributed by atoms with E-state index in [1.54, 1.807) is 7.05 Å². The Labute approximate surface area is 162 Å². The molecule has 0 saturated carbocycles. The Morgan fingerprint density at radius 2 is 1.93 bits per heavy atom. The van der Waals surface area contributed by atoms with Gasteiger partial charge in [0.2, 0.25) is 0 Å². The normalized spacial score (nSPS) is 24.6. The minimum absolute atomic E-state index is 0.0362. The van der Waals surface area contributed by atoms with Crippen LogP contribution in [0.15, 0.2) is 35.3 Å². The van der Waals surface area contributed by atoms with Crippen LogP contribution in [-0.4, -0.2) is 82.6 Å². The lowest BCUT2D eigenvalue weighted by molar-refractivity contribution is 0.197. The smallest absolute Gasteiger partial charge is 0.191 e. The lowest BCUT2D eigenvalue weighted by Crippen LogP contribution is -2.54. The number of hydrogen-bond donors (Lipinski definition) is 2. The van der Waals surface area contributed by atoms with Gasteiger partial charge in [0.15, 0.2) is 15.8 Å². The third kappa shape index (κ3) is 5.59. The topological polar surface area (TPSA) is 77.0 Å². The molecule has 0 radical (unpaired) electrons. The summed E-state index contributed by atoms with van der Waals surface area (Å²) >= 11 is 0. The van der Waals surface area contributed by atoms with Crippen molar-refractivity contribution in [3.63, 3.8) is 0 Å². The lowest BCUT2D eigenvalue weighted by atomic mass is 10.2. The molecule has 8 heteroatoms. The van der Waals surface area contributed by atoms with Crippen LogP contribution in [-0.2, 0) is 9.84 Å². The highest BCUT2D eigenvalue weighted by atomic mass is 32.2. The van der Waals surface area contributed by atoms with E-state index < -0.39 is 9.84 Å². The standard InChI is InChI=1S/C19H31N5O2S/c1-16(14-21-19(20-2)22-17-8-13-27(25,26)15-17)23-9-11-24(12-10-23)18-6-4-3-5-7-18/h3-7,16-17H,8-15H2,1-2H3,(H2,20,21,22). The molecule has 2 fully saturated rings. The molecule has 0 bridgehead atoms. The predicted octanol–water partition coefficient (Wildman–Crippen LogP) is 0.549. The van der Waals surface area contributed by atoms with E-state index >= 15 is 0 Å². The quantitative estimate of drug-likeness (QED) is 0.562. The second-order valence-electron chi connectivity index (χ2n) is 7.40. The van der Waals surface area contributed by atoms with Gasteiger partial charge in [-0.1, -0.05) is 18.2 Å². The third-order valence-electron chi connectivity index (χ3n) is 5.42. The molecule has 0 aromatic heterocycles. The van der Waals surface area contributed by atoms with Crippen molar-refractivity contribution in [1.29, 1.82) is 0 Å². The Bertz CT molecular complexity index is 730. The predicted molar refractivity (Wildman–Crippen MR) is 111 cm³/mol. The first-order valence-corrected chi connectivity index (χ1v) is 11.5. The van der Waals surface area contributed by atoms with Crippen molar-refractivity contribution in [2.45, 2.75) is 25.4 Å². The number of rotatable bonds is 5. The minimum Gasteiger partial charge on any atom is -0.369 e. The van der Waals surface area contributed by atoms with Crippen LogP contribution in [0.5, 0.6) is 0 Å². The van der Waals surface area contributed by atoms with Gasteiger partial charge in [0.25, 0.3) is 0 Å². The van der Waals surface area contributed by atoms with Gasteiger partial charge in [-0.3, -0.25) is 9.89 Å². The van der Waals surface area contributed by atoms with Gasteiger partial charge in [-0.25, -0.2) is 8.42 Å². The monoisotopic (exact) mass is 393 g/mol. The zero-order valence-corrected chi connectivity index (χ0v) is 17.1. The van der Waals surface area contributed by atoms with Crippen molar-refractivity contribution in [2.24, 2.45) is 4.99 Å². The molecule has 1 aromatic carbocycles. The van der Waals surface area contributed by atoms with E-state index in [1.807, 2.05) is 0 Å². The molecule has 1 aromatic rings. The van der Waals surface area contributed by atoms with E-state index in [0.717, 1.165) is 32.7 Å². The first-order valence-electron chi connectivity index (χ1n) is 9.68. The average Bonchev–Trinajstić information content (AvgIpc) is 3.04. The number of guanidine groups is 1. The molecule has 2 saturated heterocycles. The van der Waals surface area contributed by atoms with Gasteiger partial charge in [-0.15, -0.1) is 0 Å². The van der Waals surface area contributed by atoms with Crippen molar-refractivity contribution in [1.82, 2.24) is 15.5 Å². The number of piperazine rings is 1. The zero-order valence-electron chi connectivity index (χ0n) is 16.3. The molecular formula is C19H31N5O2S. The van der Waals surface area contributed by atoms with Crippen molar-refractivity contribution < 1.29 is 8.42 Å². The van der Waals surface area contributed by atoms with Crippen LogP contribution < -0.4 is 15.5 Å². The zero-order chi connectivity index (χ0) is 19.3. The highest BCUT2D eigenvalue weighted by Gasteiger charge is 2.28.